The third-order valence-corrected chi connectivity index (χ3v) is 4.11. The van der Waals surface area contributed by atoms with Crippen LogP contribution in [0.5, 0.6) is 0 Å². The van der Waals surface area contributed by atoms with Gasteiger partial charge in [0.1, 0.15) is 12.2 Å². The third kappa shape index (κ3) is 2.74. The minimum Gasteiger partial charge on any atom is -0.389 e. The largest absolute Gasteiger partial charge is 0.389 e. The van der Waals surface area contributed by atoms with E-state index >= 15 is 0 Å². The summed E-state index contributed by atoms with van der Waals surface area (Å²) in [6.45, 7) is 7.39. The number of aliphatic hydroxyl groups is 1. The number of hydrogen-bond donors (Lipinski definition) is 1. The van der Waals surface area contributed by atoms with Crippen molar-refractivity contribution in [1.29, 1.82) is 0 Å². The predicted octanol–water partition coefficient (Wildman–Crippen LogP) is 2.42. The van der Waals surface area contributed by atoms with Crippen molar-refractivity contribution >= 4 is 0 Å². The van der Waals surface area contributed by atoms with E-state index in [1.165, 1.54) is 0 Å². The molecule has 4 nitrogen and oxygen atoms in total. The van der Waals surface area contributed by atoms with Gasteiger partial charge < -0.3 is 5.11 Å². The second-order valence-corrected chi connectivity index (χ2v) is 6.03. The van der Waals surface area contributed by atoms with Crippen LogP contribution in [-0.2, 0) is 13.0 Å². The van der Waals surface area contributed by atoms with Gasteiger partial charge in [-0.15, -0.1) is 0 Å². The van der Waals surface area contributed by atoms with Crippen molar-refractivity contribution in [2.45, 2.75) is 65.0 Å². The molecule has 0 saturated heterocycles. The fraction of sp³-hybridized carbons (Fsp3) is 0.857. The van der Waals surface area contributed by atoms with E-state index in [9.17, 15) is 5.11 Å². The molecular weight excluding hydrogens is 226 g/mol. The van der Waals surface area contributed by atoms with Crippen LogP contribution in [0.1, 0.15) is 52.3 Å². The summed E-state index contributed by atoms with van der Waals surface area (Å²) in [4.78, 5) is 4.34. The molecule has 0 aliphatic heterocycles. The van der Waals surface area contributed by atoms with E-state index < -0.39 is 5.60 Å². The topological polar surface area (TPSA) is 50.9 Å². The monoisotopic (exact) mass is 251 g/mol. The van der Waals surface area contributed by atoms with Crippen LogP contribution in [0, 0.1) is 11.8 Å². The molecule has 1 N–H and O–H groups in total. The molecule has 1 aromatic rings. The van der Waals surface area contributed by atoms with E-state index in [1.54, 1.807) is 6.33 Å². The van der Waals surface area contributed by atoms with Crippen molar-refractivity contribution in [2.75, 3.05) is 0 Å². The molecule has 1 fully saturated rings. The molecule has 1 aromatic heterocycles. The zero-order valence-electron chi connectivity index (χ0n) is 11.8. The standard InChI is InChI=1S/C14H25N3O/c1-4-12-6-5-7-14(12,18)8-13-15-10-16-17(13)9-11(2)3/h10-12,18H,4-9H2,1-3H3. The predicted molar refractivity (Wildman–Crippen MR) is 71.1 cm³/mol. The maximum Gasteiger partial charge on any atom is 0.138 e. The SMILES string of the molecule is CCC1CCCC1(O)Cc1ncnn1CC(C)C. The Balaban J connectivity index is 2.11. The van der Waals surface area contributed by atoms with Gasteiger partial charge in [-0.05, 0) is 24.7 Å². The maximum atomic E-state index is 10.8. The Kier molecular flexibility index (Phi) is 4.05. The fourth-order valence-corrected chi connectivity index (χ4v) is 3.14. The van der Waals surface area contributed by atoms with E-state index in [0.717, 1.165) is 38.1 Å². The van der Waals surface area contributed by atoms with Crippen LogP contribution in [0.3, 0.4) is 0 Å². The minimum absolute atomic E-state index is 0.418. The molecule has 0 radical (unpaired) electrons. The first kappa shape index (κ1) is 13.5. The molecular formula is C14H25N3O. The van der Waals surface area contributed by atoms with Crippen molar-refractivity contribution in [3.05, 3.63) is 12.2 Å². The molecule has 2 rings (SSSR count). The smallest absolute Gasteiger partial charge is 0.138 e. The lowest BCUT2D eigenvalue weighted by atomic mass is 9.85. The van der Waals surface area contributed by atoms with Gasteiger partial charge in [0, 0.05) is 13.0 Å². The molecule has 2 atom stereocenters. The average molecular weight is 251 g/mol. The normalized spacial score (nSPS) is 28.2. The fourth-order valence-electron chi connectivity index (χ4n) is 3.14. The molecule has 1 aliphatic carbocycles. The third-order valence-electron chi connectivity index (χ3n) is 4.11. The first-order valence-corrected chi connectivity index (χ1v) is 7.14. The summed E-state index contributed by atoms with van der Waals surface area (Å²) >= 11 is 0. The molecule has 0 bridgehead atoms. The van der Waals surface area contributed by atoms with Crippen LogP contribution in [0.4, 0.5) is 0 Å². The molecule has 0 amide bonds. The summed E-state index contributed by atoms with van der Waals surface area (Å²) in [7, 11) is 0. The van der Waals surface area contributed by atoms with E-state index in [2.05, 4.69) is 30.9 Å². The van der Waals surface area contributed by atoms with Crippen LogP contribution >= 0.6 is 0 Å². The van der Waals surface area contributed by atoms with Gasteiger partial charge in [-0.2, -0.15) is 5.10 Å². The highest BCUT2D eigenvalue weighted by Gasteiger charge is 2.40. The highest BCUT2D eigenvalue weighted by Crippen LogP contribution is 2.39. The van der Waals surface area contributed by atoms with E-state index in [0.29, 0.717) is 18.3 Å². The summed E-state index contributed by atoms with van der Waals surface area (Å²) in [5.74, 6) is 1.90. The summed E-state index contributed by atoms with van der Waals surface area (Å²) < 4.78 is 1.95. The second-order valence-electron chi connectivity index (χ2n) is 6.03. The van der Waals surface area contributed by atoms with Crippen LogP contribution in [0.2, 0.25) is 0 Å². The van der Waals surface area contributed by atoms with Crippen LogP contribution in [0.25, 0.3) is 0 Å². The lowest BCUT2D eigenvalue weighted by Gasteiger charge is -2.29. The second kappa shape index (κ2) is 5.39. The lowest BCUT2D eigenvalue weighted by molar-refractivity contribution is -0.00130. The number of aromatic nitrogens is 3. The van der Waals surface area contributed by atoms with Crippen molar-refractivity contribution < 1.29 is 5.11 Å². The summed E-state index contributed by atoms with van der Waals surface area (Å²) in [5, 5.41) is 15.1. The molecule has 18 heavy (non-hydrogen) atoms. The maximum absolute atomic E-state index is 10.8. The summed E-state index contributed by atoms with van der Waals surface area (Å²) in [6.07, 6.45) is 6.49. The van der Waals surface area contributed by atoms with Crippen LogP contribution in [0.15, 0.2) is 6.33 Å². The number of rotatable bonds is 5. The van der Waals surface area contributed by atoms with Gasteiger partial charge in [0.25, 0.3) is 0 Å². The molecule has 0 aromatic carbocycles. The van der Waals surface area contributed by atoms with Gasteiger partial charge in [0.05, 0.1) is 5.60 Å². The van der Waals surface area contributed by atoms with Gasteiger partial charge in [0.2, 0.25) is 0 Å². The molecule has 1 aliphatic rings. The van der Waals surface area contributed by atoms with E-state index in [-0.39, 0.29) is 0 Å². The highest BCUT2D eigenvalue weighted by atomic mass is 16.3. The summed E-state index contributed by atoms with van der Waals surface area (Å²) in [5.41, 5.74) is -0.559. The zero-order chi connectivity index (χ0) is 13.2. The van der Waals surface area contributed by atoms with Crippen molar-refractivity contribution in [2.24, 2.45) is 11.8 Å². The van der Waals surface area contributed by atoms with Crippen LogP contribution < -0.4 is 0 Å². The Labute approximate surface area is 109 Å². The van der Waals surface area contributed by atoms with Crippen molar-refractivity contribution in [3.8, 4) is 0 Å². The van der Waals surface area contributed by atoms with Gasteiger partial charge >= 0.3 is 0 Å². The van der Waals surface area contributed by atoms with Gasteiger partial charge in [-0.1, -0.05) is 33.6 Å². The first-order valence-electron chi connectivity index (χ1n) is 7.14. The van der Waals surface area contributed by atoms with Crippen LogP contribution in [-0.4, -0.2) is 25.5 Å². The Bertz CT molecular complexity index is 388. The lowest BCUT2D eigenvalue weighted by Crippen LogP contribution is -2.36. The minimum atomic E-state index is -0.559. The van der Waals surface area contributed by atoms with Gasteiger partial charge in [-0.25, -0.2) is 9.67 Å². The molecule has 2 unspecified atom stereocenters. The average Bonchev–Trinajstić information content (AvgIpc) is 2.86. The molecule has 102 valence electrons. The molecule has 1 saturated carbocycles. The zero-order valence-corrected chi connectivity index (χ0v) is 11.8. The van der Waals surface area contributed by atoms with Crippen molar-refractivity contribution in [1.82, 2.24) is 14.8 Å². The number of nitrogens with zero attached hydrogens (tertiary/aromatic N) is 3. The molecule has 0 spiro atoms. The van der Waals surface area contributed by atoms with Gasteiger partial charge in [0.15, 0.2) is 0 Å². The Morgan fingerprint density at radius 2 is 2.33 bits per heavy atom. The quantitative estimate of drug-likeness (QED) is 0.874. The Morgan fingerprint density at radius 3 is 3.00 bits per heavy atom. The van der Waals surface area contributed by atoms with E-state index in [4.69, 9.17) is 0 Å². The first-order chi connectivity index (χ1) is 8.55. The Hall–Kier alpha value is -0.900. The molecule has 1 heterocycles. The van der Waals surface area contributed by atoms with E-state index in [1.807, 2.05) is 4.68 Å². The number of hydrogen-bond acceptors (Lipinski definition) is 3. The molecule has 4 heteroatoms. The summed E-state index contributed by atoms with van der Waals surface area (Å²) in [6, 6.07) is 0. The van der Waals surface area contributed by atoms with Gasteiger partial charge in [-0.3, -0.25) is 0 Å². The van der Waals surface area contributed by atoms with Crippen molar-refractivity contribution in [3.63, 3.8) is 0 Å². The highest BCUT2D eigenvalue weighted by molar-refractivity contribution is 5.00. The Morgan fingerprint density at radius 1 is 1.56 bits per heavy atom.